The van der Waals surface area contributed by atoms with Crippen LogP contribution in [0, 0.1) is 0 Å². The second-order valence-corrected chi connectivity index (χ2v) is 8.19. The minimum absolute atomic E-state index is 0.107. The van der Waals surface area contributed by atoms with Gasteiger partial charge in [-0.2, -0.15) is 0 Å². The summed E-state index contributed by atoms with van der Waals surface area (Å²) in [6, 6.07) is 10.7. The summed E-state index contributed by atoms with van der Waals surface area (Å²) in [6.07, 6.45) is 6.76. The molecule has 2 aliphatic rings. The van der Waals surface area contributed by atoms with Gasteiger partial charge in [0.15, 0.2) is 0 Å². The third-order valence-corrected chi connectivity index (χ3v) is 5.92. The van der Waals surface area contributed by atoms with E-state index in [0.717, 1.165) is 49.4 Å². The molecule has 0 bridgehead atoms. The van der Waals surface area contributed by atoms with E-state index in [1.807, 2.05) is 12.1 Å². The number of rotatable bonds is 7. The molecule has 168 valence electrons. The average molecular weight is 436 g/mol. The Morgan fingerprint density at radius 2 is 1.72 bits per heavy atom. The van der Waals surface area contributed by atoms with Gasteiger partial charge in [0.05, 0.1) is 6.54 Å². The summed E-state index contributed by atoms with van der Waals surface area (Å²) < 4.78 is 0. The molecule has 3 heterocycles. The number of aromatic nitrogens is 1. The van der Waals surface area contributed by atoms with Crippen molar-refractivity contribution < 1.29 is 14.4 Å². The highest BCUT2D eigenvalue weighted by Gasteiger charge is 2.22. The van der Waals surface area contributed by atoms with Gasteiger partial charge in [0.25, 0.3) is 5.91 Å². The molecule has 0 spiro atoms. The summed E-state index contributed by atoms with van der Waals surface area (Å²) >= 11 is 0. The molecule has 0 radical (unpaired) electrons. The van der Waals surface area contributed by atoms with E-state index >= 15 is 0 Å². The van der Waals surface area contributed by atoms with Crippen LogP contribution in [-0.4, -0.2) is 48.9 Å². The molecule has 32 heavy (non-hydrogen) atoms. The fourth-order valence-electron chi connectivity index (χ4n) is 4.19. The number of nitrogens with zero attached hydrogens (tertiary/aromatic N) is 3. The SMILES string of the molecule is O=C(CNC(=O)c1ccc(N2CCCC2=O)cc1)NCc1cccnc1N1CCCCC1. The van der Waals surface area contributed by atoms with Gasteiger partial charge in [0.2, 0.25) is 11.8 Å². The number of amides is 3. The summed E-state index contributed by atoms with van der Waals surface area (Å²) in [6.45, 7) is 2.94. The first-order chi connectivity index (χ1) is 15.6. The Kier molecular flexibility index (Phi) is 6.99. The summed E-state index contributed by atoms with van der Waals surface area (Å²) in [5.74, 6) is 0.449. The van der Waals surface area contributed by atoms with E-state index in [1.165, 1.54) is 6.42 Å². The zero-order valence-corrected chi connectivity index (χ0v) is 18.2. The van der Waals surface area contributed by atoms with Gasteiger partial charge in [-0.15, -0.1) is 0 Å². The van der Waals surface area contributed by atoms with Gasteiger partial charge in [0.1, 0.15) is 5.82 Å². The zero-order valence-electron chi connectivity index (χ0n) is 18.2. The number of hydrogen-bond acceptors (Lipinski definition) is 5. The van der Waals surface area contributed by atoms with E-state index < -0.39 is 0 Å². The Morgan fingerprint density at radius 1 is 0.938 bits per heavy atom. The first kappa shape index (κ1) is 21.8. The monoisotopic (exact) mass is 435 g/mol. The lowest BCUT2D eigenvalue weighted by atomic mass is 10.1. The maximum atomic E-state index is 12.4. The number of carbonyl (C=O) groups is 3. The van der Waals surface area contributed by atoms with Crippen LogP contribution < -0.4 is 20.4 Å². The van der Waals surface area contributed by atoms with Crippen LogP contribution in [0.5, 0.6) is 0 Å². The topological polar surface area (TPSA) is 94.6 Å². The molecule has 8 heteroatoms. The normalized spacial score (nSPS) is 16.2. The molecule has 2 saturated heterocycles. The maximum Gasteiger partial charge on any atom is 0.251 e. The number of nitrogens with one attached hydrogen (secondary N) is 2. The van der Waals surface area contributed by atoms with Crippen molar-refractivity contribution in [2.24, 2.45) is 0 Å². The van der Waals surface area contributed by atoms with Crippen molar-refractivity contribution in [2.75, 3.05) is 36.0 Å². The van der Waals surface area contributed by atoms with E-state index in [-0.39, 0.29) is 24.3 Å². The zero-order chi connectivity index (χ0) is 22.3. The highest BCUT2D eigenvalue weighted by atomic mass is 16.2. The van der Waals surface area contributed by atoms with E-state index in [0.29, 0.717) is 25.1 Å². The number of hydrogen-bond donors (Lipinski definition) is 2. The molecule has 0 aliphatic carbocycles. The van der Waals surface area contributed by atoms with Crippen LogP contribution in [0.2, 0.25) is 0 Å². The third kappa shape index (κ3) is 5.25. The van der Waals surface area contributed by atoms with Gasteiger partial charge >= 0.3 is 0 Å². The molecule has 3 amide bonds. The van der Waals surface area contributed by atoms with Gasteiger partial charge in [-0.3, -0.25) is 14.4 Å². The first-order valence-corrected chi connectivity index (χ1v) is 11.3. The van der Waals surface area contributed by atoms with Crippen molar-refractivity contribution in [1.29, 1.82) is 0 Å². The maximum absolute atomic E-state index is 12.4. The van der Waals surface area contributed by atoms with Crippen molar-refractivity contribution in [3.63, 3.8) is 0 Å². The number of anilines is 2. The molecule has 4 rings (SSSR count). The molecular weight excluding hydrogens is 406 g/mol. The largest absolute Gasteiger partial charge is 0.356 e. The van der Waals surface area contributed by atoms with Crippen LogP contribution in [0.3, 0.4) is 0 Å². The standard InChI is InChI=1S/C24H29N5O3/c30-21(26-16-19-6-4-12-25-23(19)28-13-2-1-3-14-28)17-27-24(32)18-8-10-20(11-9-18)29-15-5-7-22(29)31/h4,6,8-12H,1-3,5,7,13-17H2,(H,26,30)(H,27,32). The minimum atomic E-state index is -0.324. The Hall–Kier alpha value is -3.42. The Balaban J connectivity index is 1.26. The first-order valence-electron chi connectivity index (χ1n) is 11.3. The van der Waals surface area contributed by atoms with Crippen LogP contribution in [0.15, 0.2) is 42.6 Å². The third-order valence-electron chi connectivity index (χ3n) is 5.92. The lowest BCUT2D eigenvalue weighted by molar-refractivity contribution is -0.120. The van der Waals surface area contributed by atoms with Crippen LogP contribution in [0.25, 0.3) is 0 Å². The predicted octanol–water partition coefficient (Wildman–Crippen LogP) is 2.24. The van der Waals surface area contributed by atoms with Gasteiger partial charge in [-0.1, -0.05) is 6.07 Å². The number of benzene rings is 1. The quantitative estimate of drug-likeness (QED) is 0.696. The highest BCUT2D eigenvalue weighted by Crippen LogP contribution is 2.22. The average Bonchev–Trinajstić information content (AvgIpc) is 3.28. The van der Waals surface area contributed by atoms with E-state index in [9.17, 15) is 14.4 Å². The van der Waals surface area contributed by atoms with Gasteiger partial charge in [-0.05, 0) is 56.0 Å². The molecular formula is C24H29N5O3. The lowest BCUT2D eigenvalue weighted by Gasteiger charge is -2.29. The van der Waals surface area contributed by atoms with Gasteiger partial charge in [0, 0.05) is 55.6 Å². The highest BCUT2D eigenvalue weighted by molar-refractivity contribution is 5.98. The molecule has 0 atom stereocenters. The molecule has 2 N–H and O–H groups in total. The van der Waals surface area contributed by atoms with Crippen LogP contribution in [-0.2, 0) is 16.1 Å². The number of piperidine rings is 1. The summed E-state index contributed by atoms with van der Waals surface area (Å²) in [5, 5.41) is 5.53. The Labute approximate surface area is 188 Å². The smallest absolute Gasteiger partial charge is 0.251 e. The molecule has 8 nitrogen and oxygen atoms in total. The summed E-state index contributed by atoms with van der Waals surface area (Å²) in [5.41, 5.74) is 2.22. The predicted molar refractivity (Wildman–Crippen MR) is 123 cm³/mol. The van der Waals surface area contributed by atoms with Gasteiger partial charge < -0.3 is 20.4 Å². The second kappa shape index (κ2) is 10.3. The van der Waals surface area contributed by atoms with E-state index in [2.05, 4.69) is 20.5 Å². The Bertz CT molecular complexity index is 970. The van der Waals surface area contributed by atoms with Crippen molar-refractivity contribution in [2.45, 2.75) is 38.6 Å². The lowest BCUT2D eigenvalue weighted by Crippen LogP contribution is -2.37. The molecule has 2 fully saturated rings. The van der Waals surface area contributed by atoms with Crippen molar-refractivity contribution in [3.8, 4) is 0 Å². The molecule has 0 unspecified atom stereocenters. The van der Waals surface area contributed by atoms with Gasteiger partial charge in [-0.25, -0.2) is 4.98 Å². The van der Waals surface area contributed by atoms with Crippen LogP contribution in [0.4, 0.5) is 11.5 Å². The fraction of sp³-hybridized carbons (Fsp3) is 0.417. The van der Waals surface area contributed by atoms with Crippen molar-refractivity contribution in [1.82, 2.24) is 15.6 Å². The molecule has 2 aromatic rings. The number of carbonyl (C=O) groups excluding carboxylic acids is 3. The van der Waals surface area contributed by atoms with Crippen LogP contribution >= 0.6 is 0 Å². The van der Waals surface area contributed by atoms with Crippen LogP contribution in [0.1, 0.15) is 48.0 Å². The molecule has 2 aliphatic heterocycles. The summed E-state index contributed by atoms with van der Waals surface area (Å²) in [7, 11) is 0. The molecule has 1 aromatic carbocycles. The van der Waals surface area contributed by atoms with Crippen molar-refractivity contribution in [3.05, 3.63) is 53.7 Å². The fourth-order valence-corrected chi connectivity index (χ4v) is 4.19. The van der Waals surface area contributed by atoms with E-state index in [1.54, 1.807) is 35.4 Å². The second-order valence-electron chi connectivity index (χ2n) is 8.19. The minimum Gasteiger partial charge on any atom is -0.356 e. The summed E-state index contributed by atoms with van der Waals surface area (Å²) in [4.78, 5) is 45.0. The molecule has 1 aromatic heterocycles. The van der Waals surface area contributed by atoms with E-state index in [4.69, 9.17) is 0 Å². The number of pyridine rings is 1. The molecule has 0 saturated carbocycles. The Morgan fingerprint density at radius 3 is 2.44 bits per heavy atom. The van der Waals surface area contributed by atoms with Crippen molar-refractivity contribution >= 4 is 29.2 Å².